The van der Waals surface area contributed by atoms with Crippen LogP contribution >= 0.6 is 0 Å². The van der Waals surface area contributed by atoms with Gasteiger partial charge in [0.1, 0.15) is 5.52 Å². The van der Waals surface area contributed by atoms with Crippen molar-refractivity contribution >= 4 is 29.1 Å². The van der Waals surface area contributed by atoms with E-state index in [9.17, 15) is 9.59 Å². The third-order valence-electron chi connectivity index (χ3n) is 3.37. The number of carbonyl (C=O) groups excluding carboxylic acids is 2. The Labute approximate surface area is 132 Å². The Morgan fingerprint density at radius 2 is 2.04 bits per heavy atom. The second-order valence-corrected chi connectivity index (χ2v) is 4.95. The second kappa shape index (κ2) is 7.06. The zero-order valence-corrected chi connectivity index (χ0v) is 12.4. The molecule has 0 bridgehead atoms. The maximum absolute atomic E-state index is 11.8. The fourth-order valence-electron chi connectivity index (χ4n) is 2.19. The lowest BCUT2D eigenvalue weighted by atomic mass is 10.3. The Kier molecular flexibility index (Phi) is 4.68. The number of rotatable bonds is 4. The highest BCUT2D eigenvalue weighted by molar-refractivity contribution is 5.89. The SMILES string of the molecule is O=C(/C=C/c1nc2ccccc2o1)OCC(=O)N1CCOCC1. The lowest BCUT2D eigenvalue weighted by molar-refractivity contribution is -0.150. The third kappa shape index (κ3) is 3.95. The van der Waals surface area contributed by atoms with Crippen molar-refractivity contribution in [1.82, 2.24) is 9.88 Å². The number of hydrogen-bond donors (Lipinski definition) is 0. The zero-order chi connectivity index (χ0) is 16.1. The van der Waals surface area contributed by atoms with Gasteiger partial charge in [0.15, 0.2) is 12.2 Å². The fourth-order valence-corrected chi connectivity index (χ4v) is 2.19. The number of esters is 1. The summed E-state index contributed by atoms with van der Waals surface area (Å²) in [6.07, 6.45) is 2.61. The van der Waals surface area contributed by atoms with Crippen molar-refractivity contribution < 1.29 is 23.5 Å². The molecule has 0 spiro atoms. The van der Waals surface area contributed by atoms with Gasteiger partial charge in [0.05, 0.1) is 13.2 Å². The molecule has 1 saturated heterocycles. The van der Waals surface area contributed by atoms with Gasteiger partial charge in [-0.2, -0.15) is 0 Å². The number of oxazole rings is 1. The number of morpholine rings is 1. The van der Waals surface area contributed by atoms with E-state index >= 15 is 0 Å². The predicted molar refractivity (Wildman–Crippen MR) is 81.4 cm³/mol. The first-order valence-electron chi connectivity index (χ1n) is 7.28. The molecular weight excluding hydrogens is 300 g/mol. The van der Waals surface area contributed by atoms with Crippen LogP contribution in [-0.4, -0.2) is 54.7 Å². The standard InChI is InChI=1S/C16H16N2O5/c19-15(18-7-9-21-10-8-18)11-22-16(20)6-5-14-17-12-3-1-2-4-13(12)23-14/h1-6H,7-11H2/b6-5+. The molecule has 1 fully saturated rings. The van der Waals surface area contributed by atoms with Crippen molar-refractivity contribution in [2.75, 3.05) is 32.9 Å². The number of amides is 1. The molecule has 0 radical (unpaired) electrons. The van der Waals surface area contributed by atoms with Gasteiger partial charge in [0.2, 0.25) is 5.89 Å². The predicted octanol–water partition coefficient (Wildman–Crippen LogP) is 1.24. The van der Waals surface area contributed by atoms with E-state index < -0.39 is 5.97 Å². The highest BCUT2D eigenvalue weighted by atomic mass is 16.5. The maximum Gasteiger partial charge on any atom is 0.331 e. The first kappa shape index (κ1) is 15.2. The summed E-state index contributed by atoms with van der Waals surface area (Å²) in [5, 5.41) is 0. The Morgan fingerprint density at radius 1 is 1.26 bits per heavy atom. The van der Waals surface area contributed by atoms with E-state index in [4.69, 9.17) is 13.9 Å². The molecule has 1 aliphatic rings. The molecule has 1 aromatic carbocycles. The van der Waals surface area contributed by atoms with Gasteiger partial charge in [-0.25, -0.2) is 9.78 Å². The molecule has 2 heterocycles. The number of carbonyl (C=O) groups is 2. The molecule has 0 atom stereocenters. The molecule has 0 saturated carbocycles. The minimum Gasteiger partial charge on any atom is -0.452 e. The molecule has 7 nitrogen and oxygen atoms in total. The summed E-state index contributed by atoms with van der Waals surface area (Å²) in [6.45, 7) is 1.79. The summed E-state index contributed by atoms with van der Waals surface area (Å²) >= 11 is 0. The fraction of sp³-hybridized carbons (Fsp3) is 0.312. The summed E-state index contributed by atoms with van der Waals surface area (Å²) < 4.78 is 15.5. The Balaban J connectivity index is 1.51. The Morgan fingerprint density at radius 3 is 2.83 bits per heavy atom. The van der Waals surface area contributed by atoms with E-state index in [1.807, 2.05) is 18.2 Å². The van der Waals surface area contributed by atoms with Gasteiger partial charge in [-0.15, -0.1) is 0 Å². The van der Waals surface area contributed by atoms with Gasteiger partial charge in [-0.05, 0) is 12.1 Å². The summed E-state index contributed by atoms with van der Waals surface area (Å²) in [7, 11) is 0. The number of hydrogen-bond acceptors (Lipinski definition) is 6. The number of benzene rings is 1. The van der Waals surface area contributed by atoms with Gasteiger partial charge >= 0.3 is 5.97 Å². The van der Waals surface area contributed by atoms with Gasteiger partial charge in [-0.3, -0.25) is 4.79 Å². The summed E-state index contributed by atoms with van der Waals surface area (Å²) in [5.74, 6) is -0.534. The Hall–Kier alpha value is -2.67. The van der Waals surface area contributed by atoms with Crippen LogP contribution in [0.1, 0.15) is 5.89 Å². The van der Waals surface area contributed by atoms with Gasteiger partial charge in [0.25, 0.3) is 5.91 Å². The Bertz CT molecular complexity index is 698. The lowest BCUT2D eigenvalue weighted by Crippen LogP contribution is -2.42. The van der Waals surface area contributed by atoms with Crippen LogP contribution in [0.25, 0.3) is 17.2 Å². The van der Waals surface area contributed by atoms with Crippen molar-refractivity contribution in [3.8, 4) is 0 Å². The normalized spacial score (nSPS) is 15.2. The summed E-state index contributed by atoms with van der Waals surface area (Å²) in [5.41, 5.74) is 1.35. The molecule has 1 aliphatic heterocycles. The third-order valence-corrected chi connectivity index (χ3v) is 3.37. The largest absolute Gasteiger partial charge is 0.452 e. The highest BCUT2D eigenvalue weighted by Gasteiger charge is 2.17. The highest BCUT2D eigenvalue weighted by Crippen LogP contribution is 2.15. The minimum atomic E-state index is -0.617. The average Bonchev–Trinajstić information content (AvgIpc) is 3.01. The molecular formula is C16H16N2O5. The van der Waals surface area contributed by atoms with Crippen LogP contribution in [-0.2, 0) is 19.1 Å². The first-order valence-corrected chi connectivity index (χ1v) is 7.28. The number of fused-ring (bicyclic) bond motifs is 1. The molecule has 3 rings (SSSR count). The van der Waals surface area contributed by atoms with E-state index in [2.05, 4.69) is 4.98 Å². The minimum absolute atomic E-state index is 0.225. The van der Waals surface area contributed by atoms with Gasteiger partial charge < -0.3 is 18.8 Å². The summed E-state index contributed by atoms with van der Waals surface area (Å²) in [6, 6.07) is 7.30. The van der Waals surface area contributed by atoms with Crippen molar-refractivity contribution in [1.29, 1.82) is 0 Å². The van der Waals surface area contributed by atoms with Crippen molar-refractivity contribution in [3.63, 3.8) is 0 Å². The number of ether oxygens (including phenoxy) is 2. The lowest BCUT2D eigenvalue weighted by Gasteiger charge is -2.26. The second-order valence-electron chi connectivity index (χ2n) is 4.95. The molecule has 1 amide bonds. The average molecular weight is 316 g/mol. The van der Waals surface area contributed by atoms with E-state index in [0.717, 1.165) is 0 Å². The van der Waals surface area contributed by atoms with Gasteiger partial charge in [0, 0.05) is 25.2 Å². The molecule has 7 heteroatoms. The smallest absolute Gasteiger partial charge is 0.331 e. The monoisotopic (exact) mass is 316 g/mol. The molecule has 0 aliphatic carbocycles. The number of nitrogens with zero attached hydrogens (tertiary/aromatic N) is 2. The van der Waals surface area contributed by atoms with Crippen molar-refractivity contribution in [2.24, 2.45) is 0 Å². The van der Waals surface area contributed by atoms with Crippen LogP contribution in [0, 0.1) is 0 Å². The number of para-hydroxylation sites is 2. The van der Waals surface area contributed by atoms with Crippen LogP contribution in [0.4, 0.5) is 0 Å². The number of aromatic nitrogens is 1. The maximum atomic E-state index is 11.8. The van der Waals surface area contributed by atoms with E-state index in [0.29, 0.717) is 43.3 Å². The van der Waals surface area contributed by atoms with Crippen molar-refractivity contribution in [2.45, 2.75) is 0 Å². The van der Waals surface area contributed by atoms with Crippen LogP contribution in [0.2, 0.25) is 0 Å². The van der Waals surface area contributed by atoms with E-state index in [-0.39, 0.29) is 12.5 Å². The molecule has 1 aromatic heterocycles. The quantitative estimate of drug-likeness (QED) is 0.623. The molecule has 2 aromatic rings. The van der Waals surface area contributed by atoms with Crippen LogP contribution < -0.4 is 0 Å². The molecule has 0 unspecified atom stereocenters. The zero-order valence-electron chi connectivity index (χ0n) is 12.4. The summed E-state index contributed by atoms with van der Waals surface area (Å²) in [4.78, 5) is 29.3. The topological polar surface area (TPSA) is 81.9 Å². The van der Waals surface area contributed by atoms with Crippen LogP contribution in [0.15, 0.2) is 34.8 Å². The van der Waals surface area contributed by atoms with Gasteiger partial charge in [-0.1, -0.05) is 12.1 Å². The molecule has 23 heavy (non-hydrogen) atoms. The van der Waals surface area contributed by atoms with Crippen LogP contribution in [0.5, 0.6) is 0 Å². The first-order chi connectivity index (χ1) is 11.2. The molecule has 0 N–H and O–H groups in total. The van der Waals surface area contributed by atoms with E-state index in [1.54, 1.807) is 11.0 Å². The van der Waals surface area contributed by atoms with Crippen LogP contribution in [0.3, 0.4) is 0 Å². The molecule has 120 valence electrons. The van der Waals surface area contributed by atoms with Crippen molar-refractivity contribution in [3.05, 3.63) is 36.2 Å². The van der Waals surface area contributed by atoms with E-state index in [1.165, 1.54) is 12.2 Å².